The van der Waals surface area contributed by atoms with Gasteiger partial charge in [-0.05, 0) is 0 Å². The van der Waals surface area contributed by atoms with Crippen LogP contribution in [0.15, 0.2) is 12.4 Å². The molecule has 0 aliphatic rings. The van der Waals surface area contributed by atoms with Gasteiger partial charge < -0.3 is 5.73 Å². The summed E-state index contributed by atoms with van der Waals surface area (Å²) in [5.74, 6) is -0.117. The van der Waals surface area contributed by atoms with E-state index in [2.05, 4.69) is 9.97 Å². The zero-order valence-corrected chi connectivity index (χ0v) is 8.28. The molecule has 0 amide bonds. The van der Waals surface area contributed by atoms with Crippen molar-refractivity contribution in [3.63, 3.8) is 0 Å². The molecule has 0 spiro atoms. The molecule has 0 saturated heterocycles. The topological polar surface area (TPSA) is 103 Å². The molecule has 0 atom stereocenters. The van der Waals surface area contributed by atoms with Gasteiger partial charge in [-0.1, -0.05) is 6.92 Å². The van der Waals surface area contributed by atoms with E-state index < -0.39 is 15.0 Å². The number of nitrogens with zero attached hydrogens (tertiary/aromatic N) is 2. The fraction of sp³-hybridized carbons (Fsp3) is 0.286. The van der Waals surface area contributed by atoms with Crippen LogP contribution in [0.3, 0.4) is 0 Å². The van der Waals surface area contributed by atoms with Crippen LogP contribution >= 0.6 is 0 Å². The summed E-state index contributed by atoms with van der Waals surface area (Å²) in [5.41, 5.74) is 5.03. The smallest absolute Gasteiger partial charge is 0.296 e. The summed E-state index contributed by atoms with van der Waals surface area (Å²) < 4.78 is 22.3. The second kappa shape index (κ2) is 3.70. The van der Waals surface area contributed by atoms with Crippen LogP contribution in [0.25, 0.3) is 0 Å². The van der Waals surface area contributed by atoms with Gasteiger partial charge >= 0.3 is 0 Å². The molecule has 6 nitrogen and oxygen atoms in total. The number of carbonyl (C=O) groups excluding carboxylic acids is 1. The van der Waals surface area contributed by atoms with Gasteiger partial charge in [0.05, 0.1) is 18.1 Å². The Labute approximate surface area is 81.1 Å². The van der Waals surface area contributed by atoms with Gasteiger partial charge in [-0.25, -0.2) is 18.4 Å². The van der Waals surface area contributed by atoms with Crippen LogP contribution in [0.1, 0.15) is 17.4 Å². The fourth-order valence-electron chi connectivity index (χ4n) is 0.734. The first-order chi connectivity index (χ1) is 6.47. The average Bonchev–Trinajstić information content (AvgIpc) is 2.18. The number of sulfone groups is 1. The van der Waals surface area contributed by atoms with Gasteiger partial charge in [-0.2, -0.15) is 0 Å². The number of hydrogen-bond acceptors (Lipinski definition) is 6. The molecule has 2 N–H and O–H groups in total. The molecule has 7 heteroatoms. The van der Waals surface area contributed by atoms with Crippen molar-refractivity contribution in [3.05, 3.63) is 18.1 Å². The average molecular weight is 215 g/mol. The van der Waals surface area contributed by atoms with Crippen LogP contribution in [0, 0.1) is 0 Å². The first-order valence-electron chi connectivity index (χ1n) is 3.82. The summed E-state index contributed by atoms with van der Waals surface area (Å²) in [4.78, 5) is 18.4. The van der Waals surface area contributed by atoms with Crippen LogP contribution in [-0.4, -0.2) is 29.3 Å². The minimum Gasteiger partial charge on any atom is -0.382 e. The summed E-state index contributed by atoms with van der Waals surface area (Å²) in [6.07, 6.45) is 2.18. The molecule has 1 aromatic heterocycles. The Morgan fingerprint density at radius 2 is 2.07 bits per heavy atom. The zero-order valence-electron chi connectivity index (χ0n) is 7.47. The maximum atomic E-state index is 11.3. The number of nitrogens with two attached hydrogens (primary N) is 1. The zero-order chi connectivity index (χ0) is 10.8. The van der Waals surface area contributed by atoms with E-state index in [4.69, 9.17) is 5.73 Å². The maximum absolute atomic E-state index is 11.3. The summed E-state index contributed by atoms with van der Waals surface area (Å²) in [6, 6.07) is 0. The number of aromatic nitrogens is 2. The van der Waals surface area contributed by atoms with E-state index in [-0.39, 0.29) is 17.3 Å². The SMILES string of the molecule is CCS(=O)(=O)C(=O)c1cnc(N)cn1. The van der Waals surface area contributed by atoms with Crippen molar-refractivity contribution in [2.45, 2.75) is 6.92 Å². The van der Waals surface area contributed by atoms with Crippen LogP contribution in [-0.2, 0) is 9.84 Å². The standard InChI is InChI=1S/C7H9N3O3S/c1-2-14(12,13)7(11)5-3-10-6(8)4-9-5/h3-4H,2H2,1H3,(H2,8,10). The molecule has 0 saturated carbocycles. The van der Waals surface area contributed by atoms with Gasteiger partial charge in [0.25, 0.3) is 5.12 Å². The maximum Gasteiger partial charge on any atom is 0.296 e. The number of carbonyl (C=O) groups is 1. The van der Waals surface area contributed by atoms with E-state index >= 15 is 0 Å². The van der Waals surface area contributed by atoms with Gasteiger partial charge in [0.1, 0.15) is 11.5 Å². The molecule has 0 aromatic carbocycles. The Hall–Kier alpha value is -1.50. The molecule has 1 rings (SSSR count). The van der Waals surface area contributed by atoms with E-state index in [1.807, 2.05) is 0 Å². The Kier molecular flexibility index (Phi) is 2.80. The van der Waals surface area contributed by atoms with Crippen molar-refractivity contribution in [2.24, 2.45) is 0 Å². The number of nitrogen functional groups attached to an aromatic ring is 1. The van der Waals surface area contributed by atoms with Crippen molar-refractivity contribution in [1.82, 2.24) is 9.97 Å². The highest BCUT2D eigenvalue weighted by atomic mass is 32.2. The lowest BCUT2D eigenvalue weighted by Gasteiger charge is -1.98. The highest BCUT2D eigenvalue weighted by Crippen LogP contribution is 2.03. The van der Waals surface area contributed by atoms with Gasteiger partial charge in [0.2, 0.25) is 9.84 Å². The Morgan fingerprint density at radius 3 is 2.50 bits per heavy atom. The van der Waals surface area contributed by atoms with Gasteiger partial charge in [0, 0.05) is 0 Å². The van der Waals surface area contributed by atoms with E-state index in [0.717, 1.165) is 12.4 Å². The molecular formula is C7H9N3O3S. The molecule has 0 unspecified atom stereocenters. The van der Waals surface area contributed by atoms with E-state index in [9.17, 15) is 13.2 Å². The molecule has 1 aromatic rings. The summed E-state index contributed by atoms with van der Waals surface area (Å²) >= 11 is 0. The number of hydrogen-bond donors (Lipinski definition) is 1. The highest BCUT2D eigenvalue weighted by Gasteiger charge is 2.23. The third-order valence-electron chi connectivity index (χ3n) is 1.54. The molecule has 1 heterocycles. The van der Waals surface area contributed by atoms with Crippen molar-refractivity contribution in [2.75, 3.05) is 11.5 Å². The quantitative estimate of drug-likeness (QED) is 0.722. The third kappa shape index (κ3) is 2.05. The summed E-state index contributed by atoms with van der Waals surface area (Å²) in [7, 11) is -3.75. The summed E-state index contributed by atoms with van der Waals surface area (Å²) in [5, 5.41) is -1.02. The van der Waals surface area contributed by atoms with Crippen molar-refractivity contribution >= 4 is 20.8 Å². The van der Waals surface area contributed by atoms with E-state index in [1.165, 1.54) is 6.92 Å². The molecule has 0 radical (unpaired) electrons. The molecule has 14 heavy (non-hydrogen) atoms. The normalized spacial score (nSPS) is 11.2. The molecule has 0 bridgehead atoms. The molecule has 0 aliphatic carbocycles. The van der Waals surface area contributed by atoms with Gasteiger partial charge in [-0.3, -0.25) is 4.79 Å². The Bertz CT molecular complexity index is 438. The minimum atomic E-state index is -3.75. The van der Waals surface area contributed by atoms with Crippen LogP contribution in [0.5, 0.6) is 0 Å². The number of rotatable bonds is 2. The monoisotopic (exact) mass is 215 g/mol. The Balaban J connectivity index is 3.08. The highest BCUT2D eigenvalue weighted by molar-refractivity contribution is 8.06. The third-order valence-corrected chi connectivity index (χ3v) is 3.08. The second-order valence-electron chi connectivity index (χ2n) is 2.52. The molecule has 76 valence electrons. The molecule has 0 aliphatic heterocycles. The lowest BCUT2D eigenvalue weighted by molar-refractivity contribution is 0.107. The molecule has 0 fully saturated rings. The molecular weight excluding hydrogens is 206 g/mol. The first-order valence-corrected chi connectivity index (χ1v) is 5.47. The van der Waals surface area contributed by atoms with Crippen LogP contribution < -0.4 is 5.73 Å². The first kappa shape index (κ1) is 10.6. The largest absolute Gasteiger partial charge is 0.382 e. The van der Waals surface area contributed by atoms with Crippen molar-refractivity contribution in [3.8, 4) is 0 Å². The van der Waals surface area contributed by atoms with E-state index in [0.29, 0.717) is 0 Å². The predicted octanol–water partition coefficient (Wildman–Crippen LogP) is -0.366. The van der Waals surface area contributed by atoms with Crippen molar-refractivity contribution in [1.29, 1.82) is 0 Å². The second-order valence-corrected chi connectivity index (χ2v) is 4.70. The van der Waals surface area contributed by atoms with Gasteiger partial charge in [0.15, 0.2) is 0 Å². The lowest BCUT2D eigenvalue weighted by atomic mass is 10.5. The van der Waals surface area contributed by atoms with Gasteiger partial charge in [-0.15, -0.1) is 0 Å². The number of anilines is 1. The Morgan fingerprint density at radius 1 is 1.43 bits per heavy atom. The fourth-order valence-corrected chi connectivity index (χ4v) is 1.42. The van der Waals surface area contributed by atoms with Crippen LogP contribution in [0.2, 0.25) is 0 Å². The predicted molar refractivity (Wildman–Crippen MR) is 50.2 cm³/mol. The van der Waals surface area contributed by atoms with Crippen LogP contribution in [0.4, 0.5) is 5.82 Å². The van der Waals surface area contributed by atoms with Crippen molar-refractivity contribution < 1.29 is 13.2 Å². The van der Waals surface area contributed by atoms with E-state index in [1.54, 1.807) is 0 Å². The minimum absolute atomic E-state index is 0.135. The summed E-state index contributed by atoms with van der Waals surface area (Å²) in [6.45, 7) is 1.39. The lowest BCUT2D eigenvalue weighted by Crippen LogP contribution is -2.18.